The Morgan fingerprint density at radius 3 is 2.36 bits per heavy atom. The van der Waals surface area contributed by atoms with Gasteiger partial charge in [0.25, 0.3) is 0 Å². The molecule has 2 aliphatic rings. The van der Waals surface area contributed by atoms with Crippen molar-refractivity contribution in [2.24, 2.45) is 11.3 Å². The van der Waals surface area contributed by atoms with Crippen LogP contribution in [-0.4, -0.2) is 12.6 Å². The summed E-state index contributed by atoms with van der Waals surface area (Å²) in [5.74, 6) is 0.998. The fraction of sp³-hybridized carbons (Fsp3) is 1.00. The molecule has 0 radical (unpaired) electrons. The quantitative estimate of drug-likeness (QED) is 0.712. The molecule has 2 rings (SSSR count). The first-order valence-electron chi connectivity index (χ1n) is 6.44. The van der Waals surface area contributed by atoms with Gasteiger partial charge in [0.2, 0.25) is 0 Å². The fourth-order valence-corrected chi connectivity index (χ4v) is 3.10. The molecule has 1 aliphatic heterocycles. The molecule has 1 N–H and O–H groups in total. The van der Waals surface area contributed by atoms with Gasteiger partial charge in [0.1, 0.15) is 0 Å². The molecule has 0 bridgehead atoms. The van der Waals surface area contributed by atoms with Crippen LogP contribution in [0, 0.1) is 11.3 Å². The Balaban J connectivity index is 1.95. The van der Waals surface area contributed by atoms with Gasteiger partial charge < -0.3 is 5.32 Å². The van der Waals surface area contributed by atoms with Gasteiger partial charge in [0.15, 0.2) is 0 Å². The van der Waals surface area contributed by atoms with Gasteiger partial charge in [-0.1, -0.05) is 33.1 Å². The molecule has 2 fully saturated rings. The molecule has 0 amide bonds. The summed E-state index contributed by atoms with van der Waals surface area (Å²) in [7, 11) is 0. The van der Waals surface area contributed by atoms with E-state index in [4.69, 9.17) is 0 Å². The van der Waals surface area contributed by atoms with E-state index in [1.54, 1.807) is 0 Å². The molecule has 14 heavy (non-hydrogen) atoms. The van der Waals surface area contributed by atoms with Crippen molar-refractivity contribution in [3.05, 3.63) is 0 Å². The van der Waals surface area contributed by atoms with Crippen molar-refractivity contribution in [3.63, 3.8) is 0 Å². The van der Waals surface area contributed by atoms with Gasteiger partial charge >= 0.3 is 0 Å². The average molecular weight is 195 g/mol. The maximum Gasteiger partial charge on any atom is 0.0121 e. The van der Waals surface area contributed by atoms with Gasteiger partial charge in [-0.25, -0.2) is 0 Å². The normalized spacial score (nSPS) is 30.9. The molecule has 82 valence electrons. The predicted molar refractivity (Wildman–Crippen MR) is 61.4 cm³/mol. The van der Waals surface area contributed by atoms with Crippen molar-refractivity contribution in [2.45, 2.75) is 64.8 Å². The molecule has 1 heterocycles. The van der Waals surface area contributed by atoms with Crippen LogP contribution in [0.3, 0.4) is 0 Å². The highest BCUT2D eigenvalue weighted by molar-refractivity contribution is 4.93. The second-order valence-corrected chi connectivity index (χ2v) is 5.81. The third-order valence-corrected chi connectivity index (χ3v) is 4.62. The first-order chi connectivity index (χ1) is 6.71. The summed E-state index contributed by atoms with van der Waals surface area (Å²) in [6, 6.07) is 0.787. The van der Waals surface area contributed by atoms with Crippen molar-refractivity contribution in [3.8, 4) is 0 Å². The van der Waals surface area contributed by atoms with Gasteiger partial charge in [-0.2, -0.15) is 0 Å². The average Bonchev–Trinajstić information content (AvgIpc) is 2.26. The molecule has 1 saturated heterocycles. The molecular formula is C13H25N. The van der Waals surface area contributed by atoms with Crippen molar-refractivity contribution in [1.82, 2.24) is 5.32 Å². The van der Waals surface area contributed by atoms with Gasteiger partial charge in [0.05, 0.1) is 0 Å². The zero-order valence-corrected chi connectivity index (χ0v) is 9.81. The molecule has 1 nitrogen and oxygen atoms in total. The highest BCUT2D eigenvalue weighted by Crippen LogP contribution is 2.45. The Labute approximate surface area is 88.7 Å². The third-order valence-electron chi connectivity index (χ3n) is 4.62. The summed E-state index contributed by atoms with van der Waals surface area (Å²) in [5.41, 5.74) is 0.544. The minimum absolute atomic E-state index is 0.544. The minimum atomic E-state index is 0.544. The minimum Gasteiger partial charge on any atom is -0.313 e. The smallest absolute Gasteiger partial charge is 0.0121 e. The summed E-state index contributed by atoms with van der Waals surface area (Å²) >= 11 is 0. The first kappa shape index (κ1) is 10.5. The van der Waals surface area contributed by atoms with Gasteiger partial charge in [0, 0.05) is 6.04 Å². The van der Waals surface area contributed by atoms with Crippen LogP contribution in [0.25, 0.3) is 0 Å². The van der Waals surface area contributed by atoms with Crippen molar-refractivity contribution in [2.75, 3.05) is 6.54 Å². The third kappa shape index (κ3) is 1.98. The first-order valence-corrected chi connectivity index (χ1v) is 6.44. The van der Waals surface area contributed by atoms with E-state index in [-0.39, 0.29) is 0 Å². The van der Waals surface area contributed by atoms with E-state index in [1.165, 1.54) is 51.5 Å². The maximum atomic E-state index is 3.77. The lowest BCUT2D eigenvalue weighted by molar-refractivity contribution is 0.0735. The monoisotopic (exact) mass is 195 g/mol. The van der Waals surface area contributed by atoms with Crippen LogP contribution in [0.15, 0.2) is 0 Å². The Hall–Kier alpha value is -0.0400. The Morgan fingerprint density at radius 2 is 1.71 bits per heavy atom. The number of rotatable bonds is 2. The van der Waals surface area contributed by atoms with E-state index < -0.39 is 0 Å². The molecular weight excluding hydrogens is 170 g/mol. The summed E-state index contributed by atoms with van der Waals surface area (Å²) in [6.45, 7) is 6.22. The van der Waals surface area contributed by atoms with Crippen LogP contribution >= 0.6 is 0 Å². The summed E-state index contributed by atoms with van der Waals surface area (Å²) in [5, 5.41) is 3.77. The van der Waals surface area contributed by atoms with E-state index in [9.17, 15) is 0 Å². The van der Waals surface area contributed by atoms with Crippen molar-refractivity contribution in [1.29, 1.82) is 0 Å². The molecule has 1 aliphatic carbocycles. The van der Waals surface area contributed by atoms with E-state index >= 15 is 0 Å². The summed E-state index contributed by atoms with van der Waals surface area (Å²) < 4.78 is 0. The summed E-state index contributed by atoms with van der Waals surface area (Å²) in [4.78, 5) is 0. The van der Waals surface area contributed by atoms with Gasteiger partial charge in [-0.05, 0) is 43.6 Å². The second-order valence-electron chi connectivity index (χ2n) is 5.81. The number of hydrogen-bond donors (Lipinski definition) is 1. The van der Waals surface area contributed by atoms with E-state index in [0.29, 0.717) is 5.41 Å². The van der Waals surface area contributed by atoms with Gasteiger partial charge in [-0.15, -0.1) is 0 Å². The van der Waals surface area contributed by atoms with Crippen LogP contribution in [0.5, 0.6) is 0 Å². The van der Waals surface area contributed by atoms with Crippen LogP contribution in [0.1, 0.15) is 58.8 Å². The SMILES string of the molecule is CC(C)(C1CCC1)C1CCCCCN1. The zero-order chi connectivity index (χ0) is 10.0. The van der Waals surface area contributed by atoms with Crippen LogP contribution < -0.4 is 5.32 Å². The summed E-state index contributed by atoms with van der Waals surface area (Å²) in [6.07, 6.45) is 10.1. The molecule has 1 unspecified atom stereocenters. The topological polar surface area (TPSA) is 12.0 Å². The second kappa shape index (κ2) is 4.22. The van der Waals surface area contributed by atoms with E-state index in [0.717, 1.165) is 12.0 Å². The van der Waals surface area contributed by atoms with E-state index in [1.807, 2.05) is 0 Å². The lowest BCUT2D eigenvalue weighted by Gasteiger charge is -2.45. The molecule has 1 heteroatoms. The largest absolute Gasteiger partial charge is 0.313 e. The molecule has 0 aromatic carbocycles. The fourth-order valence-electron chi connectivity index (χ4n) is 3.10. The van der Waals surface area contributed by atoms with Crippen LogP contribution in [0.4, 0.5) is 0 Å². The van der Waals surface area contributed by atoms with Crippen LogP contribution in [0.2, 0.25) is 0 Å². The highest BCUT2D eigenvalue weighted by atomic mass is 14.9. The number of hydrogen-bond acceptors (Lipinski definition) is 1. The molecule has 0 aromatic heterocycles. The molecule has 0 aromatic rings. The standard InChI is InChI=1S/C13H25N/c1-13(2,11-7-6-8-11)12-9-4-3-5-10-14-12/h11-12,14H,3-10H2,1-2H3. The predicted octanol–water partition coefficient (Wildman–Crippen LogP) is 3.34. The zero-order valence-electron chi connectivity index (χ0n) is 9.81. The highest BCUT2D eigenvalue weighted by Gasteiger charge is 2.39. The lowest BCUT2D eigenvalue weighted by Crippen LogP contribution is -2.47. The van der Waals surface area contributed by atoms with Crippen molar-refractivity contribution < 1.29 is 0 Å². The maximum absolute atomic E-state index is 3.77. The lowest BCUT2D eigenvalue weighted by atomic mass is 9.63. The van der Waals surface area contributed by atoms with Gasteiger partial charge in [-0.3, -0.25) is 0 Å². The molecule has 0 spiro atoms. The van der Waals surface area contributed by atoms with Crippen LogP contribution in [-0.2, 0) is 0 Å². The Morgan fingerprint density at radius 1 is 0.929 bits per heavy atom. The number of nitrogens with one attached hydrogen (secondary N) is 1. The van der Waals surface area contributed by atoms with Crippen molar-refractivity contribution >= 4 is 0 Å². The molecule has 1 atom stereocenters. The van der Waals surface area contributed by atoms with E-state index in [2.05, 4.69) is 19.2 Å². The Bertz CT molecular complexity index is 174. The molecule has 1 saturated carbocycles. The Kier molecular flexibility index (Phi) is 3.16.